The minimum atomic E-state index is 0.892. The van der Waals surface area contributed by atoms with E-state index in [9.17, 15) is 0 Å². The Morgan fingerprint density at radius 2 is 0.707 bits per heavy atom. The number of pyridine rings is 1. The van der Waals surface area contributed by atoms with Crippen molar-refractivity contribution in [3.8, 4) is 0 Å². The highest BCUT2D eigenvalue weighted by Crippen LogP contribution is 2.29. The van der Waals surface area contributed by atoms with Gasteiger partial charge in [0.15, 0.2) is 12.4 Å². The van der Waals surface area contributed by atoms with Crippen molar-refractivity contribution in [3.63, 3.8) is 0 Å². The lowest BCUT2D eigenvalue weighted by Crippen LogP contribution is -2.30. The number of halogens is 1. The van der Waals surface area contributed by atoms with Gasteiger partial charge in [0.25, 0.3) is 0 Å². The van der Waals surface area contributed by atoms with E-state index in [1.54, 1.807) is 0 Å². The molecule has 0 unspecified atom stereocenters. The first-order valence-corrected chi connectivity index (χ1v) is 26.3. The third-order valence-corrected chi connectivity index (χ3v) is 12.9. The van der Waals surface area contributed by atoms with E-state index in [2.05, 4.69) is 85.1 Å². The minimum absolute atomic E-state index is 0.892. The van der Waals surface area contributed by atoms with E-state index in [1.807, 2.05) is 0 Å². The molecular formula is C55H96ClN2+. The van der Waals surface area contributed by atoms with Crippen LogP contribution in [-0.4, -0.2) is 13.1 Å². The van der Waals surface area contributed by atoms with Crippen molar-refractivity contribution in [1.82, 2.24) is 0 Å². The van der Waals surface area contributed by atoms with E-state index in [4.69, 9.17) is 11.6 Å². The second-order valence-electron chi connectivity index (χ2n) is 18.0. The molecule has 0 radical (unpaired) electrons. The summed E-state index contributed by atoms with van der Waals surface area (Å²) in [7, 11) is 0. The van der Waals surface area contributed by atoms with Gasteiger partial charge in [-0.2, -0.15) is 0 Å². The number of aromatic nitrogens is 1. The second kappa shape index (κ2) is 39.3. The highest BCUT2D eigenvalue weighted by Gasteiger charge is 2.11. The van der Waals surface area contributed by atoms with Crippen molar-refractivity contribution in [3.05, 3.63) is 58.9 Å². The number of hydrogen-bond acceptors (Lipinski definition) is 1. The Morgan fingerprint density at radius 3 is 1.02 bits per heavy atom. The molecule has 2 nitrogen and oxygen atoms in total. The number of hydrogen-bond donors (Lipinski definition) is 0. The lowest BCUT2D eigenvalue weighted by molar-refractivity contribution is -0.693. The molecule has 1 heterocycles. The Kier molecular flexibility index (Phi) is 35.5. The molecule has 1 aromatic heterocycles. The van der Waals surface area contributed by atoms with Crippen LogP contribution in [0.1, 0.15) is 263 Å². The van der Waals surface area contributed by atoms with Crippen LogP contribution in [0.2, 0.25) is 5.02 Å². The normalized spacial score (nSPS) is 11.7. The fraction of sp³-hybridized carbons (Fsp3) is 0.764. The van der Waals surface area contributed by atoms with Crippen LogP contribution < -0.4 is 9.47 Å². The maximum absolute atomic E-state index is 7.04. The molecule has 0 bridgehead atoms. The lowest BCUT2D eigenvalue weighted by Gasteiger charge is -2.26. The Labute approximate surface area is 367 Å². The average molecular weight is 821 g/mol. The molecule has 0 aliphatic rings. The molecule has 332 valence electrons. The van der Waals surface area contributed by atoms with Gasteiger partial charge >= 0.3 is 0 Å². The zero-order valence-electron chi connectivity index (χ0n) is 39.0. The number of aryl methyl sites for hydroxylation is 1. The van der Waals surface area contributed by atoms with Crippen LogP contribution >= 0.6 is 11.6 Å². The van der Waals surface area contributed by atoms with Crippen LogP contribution in [0.25, 0.3) is 12.2 Å². The molecule has 2 rings (SSSR count). The maximum atomic E-state index is 7.04. The van der Waals surface area contributed by atoms with E-state index in [0.717, 1.165) is 24.7 Å². The van der Waals surface area contributed by atoms with Gasteiger partial charge in [-0.25, -0.2) is 4.57 Å². The van der Waals surface area contributed by atoms with Crippen LogP contribution in [0.3, 0.4) is 0 Å². The van der Waals surface area contributed by atoms with Crippen molar-refractivity contribution >= 4 is 29.4 Å². The smallest absolute Gasteiger partial charge is 0.169 e. The number of nitrogens with zero attached hydrogens (tertiary/aromatic N) is 2. The highest BCUT2D eigenvalue weighted by atomic mass is 35.5. The van der Waals surface area contributed by atoms with E-state index < -0.39 is 0 Å². The van der Waals surface area contributed by atoms with Gasteiger partial charge in [-0.1, -0.05) is 262 Å². The summed E-state index contributed by atoms with van der Waals surface area (Å²) in [5, 5.41) is 0.892. The summed E-state index contributed by atoms with van der Waals surface area (Å²) < 4.78 is 2.19. The summed E-state index contributed by atoms with van der Waals surface area (Å²) in [5.74, 6) is 0. The SMILES string of the molecule is CCCCCCCCCCCCCCCCCCCCN(CCCCCCCCCCCCCCCCCCCC)c1ccc(C=Cc2cc[n+](CC)cc2)cc1Cl. The molecule has 58 heavy (non-hydrogen) atoms. The number of benzene rings is 1. The van der Waals surface area contributed by atoms with Gasteiger partial charge in [0.2, 0.25) is 0 Å². The van der Waals surface area contributed by atoms with Gasteiger partial charge in [0, 0.05) is 25.2 Å². The molecule has 0 saturated heterocycles. The van der Waals surface area contributed by atoms with Crippen molar-refractivity contribution in [1.29, 1.82) is 0 Å². The van der Waals surface area contributed by atoms with Crippen LogP contribution in [0.15, 0.2) is 42.7 Å². The first-order chi connectivity index (χ1) is 28.7. The van der Waals surface area contributed by atoms with Crippen LogP contribution in [0.4, 0.5) is 5.69 Å². The quantitative estimate of drug-likeness (QED) is 0.0478. The van der Waals surface area contributed by atoms with Crippen molar-refractivity contribution in [2.45, 2.75) is 258 Å². The molecule has 0 amide bonds. The Morgan fingerprint density at radius 1 is 0.397 bits per heavy atom. The fourth-order valence-corrected chi connectivity index (χ4v) is 8.94. The largest absolute Gasteiger partial charge is 0.370 e. The second-order valence-corrected chi connectivity index (χ2v) is 18.4. The van der Waals surface area contributed by atoms with Crippen molar-refractivity contribution in [2.75, 3.05) is 18.0 Å². The average Bonchev–Trinajstić information content (AvgIpc) is 3.24. The standard InChI is InChI=1S/C55H96ClN2/c1-4-7-9-11-13-15-17-19-21-23-25-27-29-31-33-35-37-39-47-58(55-44-43-53(51-54(55)56)42-41-52-45-49-57(6-3)50-46-52)48-40-38-36-34-32-30-28-26-24-22-20-18-16-14-12-10-8-5-2/h41-46,49-51H,4-40,47-48H2,1-3H3/q+1. The Hall–Kier alpha value is -1.80. The van der Waals surface area contributed by atoms with Gasteiger partial charge < -0.3 is 4.90 Å². The van der Waals surface area contributed by atoms with Gasteiger partial charge in [-0.3, -0.25) is 0 Å². The molecule has 0 N–H and O–H groups in total. The van der Waals surface area contributed by atoms with E-state index in [0.29, 0.717) is 0 Å². The van der Waals surface area contributed by atoms with E-state index >= 15 is 0 Å². The number of unbranched alkanes of at least 4 members (excludes halogenated alkanes) is 34. The molecule has 1 aromatic carbocycles. The van der Waals surface area contributed by atoms with E-state index in [1.165, 1.54) is 248 Å². The van der Waals surface area contributed by atoms with E-state index in [-0.39, 0.29) is 0 Å². The zero-order chi connectivity index (χ0) is 41.4. The summed E-state index contributed by atoms with van der Waals surface area (Å²) in [6.07, 6.45) is 59.9. The molecule has 0 aliphatic heterocycles. The molecule has 0 aliphatic carbocycles. The van der Waals surface area contributed by atoms with Gasteiger partial charge in [-0.05, 0) is 43.0 Å². The third-order valence-electron chi connectivity index (χ3n) is 12.6. The van der Waals surface area contributed by atoms with Crippen molar-refractivity contribution < 1.29 is 4.57 Å². The zero-order valence-corrected chi connectivity index (χ0v) is 39.8. The van der Waals surface area contributed by atoms with Crippen LogP contribution in [-0.2, 0) is 6.54 Å². The predicted octanol–water partition coefficient (Wildman–Crippen LogP) is 18.7. The minimum Gasteiger partial charge on any atom is -0.370 e. The lowest BCUT2D eigenvalue weighted by atomic mass is 10.0. The summed E-state index contributed by atoms with van der Waals surface area (Å²) in [4.78, 5) is 2.61. The summed E-state index contributed by atoms with van der Waals surface area (Å²) in [5.41, 5.74) is 3.61. The fourth-order valence-electron chi connectivity index (χ4n) is 8.63. The molecule has 3 heteroatoms. The number of anilines is 1. The number of rotatable bonds is 42. The summed E-state index contributed by atoms with van der Waals surface area (Å²) >= 11 is 7.04. The highest BCUT2D eigenvalue weighted by molar-refractivity contribution is 6.33. The van der Waals surface area contributed by atoms with Crippen LogP contribution in [0, 0.1) is 0 Å². The molecule has 0 spiro atoms. The molecule has 0 saturated carbocycles. The van der Waals surface area contributed by atoms with Gasteiger partial charge in [0.05, 0.1) is 10.7 Å². The summed E-state index contributed by atoms with van der Waals surface area (Å²) in [6, 6.07) is 11.1. The van der Waals surface area contributed by atoms with Gasteiger partial charge in [0.1, 0.15) is 6.54 Å². The van der Waals surface area contributed by atoms with Gasteiger partial charge in [-0.15, -0.1) is 0 Å². The first-order valence-electron chi connectivity index (χ1n) is 25.9. The van der Waals surface area contributed by atoms with Crippen LogP contribution in [0.5, 0.6) is 0 Å². The molecule has 2 aromatic rings. The Balaban J connectivity index is 1.64. The topological polar surface area (TPSA) is 7.12 Å². The predicted molar refractivity (Wildman–Crippen MR) is 262 cm³/mol. The summed E-state index contributed by atoms with van der Waals surface area (Å²) in [6.45, 7) is 10.0. The first kappa shape index (κ1) is 52.3. The van der Waals surface area contributed by atoms with Crippen molar-refractivity contribution in [2.24, 2.45) is 0 Å². The maximum Gasteiger partial charge on any atom is 0.169 e. The molecule has 0 fully saturated rings. The molecular weight excluding hydrogens is 724 g/mol. The Bertz CT molecular complexity index is 1150. The monoisotopic (exact) mass is 820 g/mol. The third kappa shape index (κ3) is 29.4. The molecule has 0 atom stereocenters.